The normalized spacial score (nSPS) is 16.5. The van der Waals surface area contributed by atoms with Crippen LogP contribution in [0.2, 0.25) is 0 Å². The fraction of sp³-hybridized carbons (Fsp3) is 0.800. The molecule has 0 unspecified atom stereocenters. The zero-order valence-electron chi connectivity index (χ0n) is 12.1. The van der Waals surface area contributed by atoms with Crippen molar-refractivity contribution in [3.63, 3.8) is 0 Å². The van der Waals surface area contributed by atoms with Gasteiger partial charge in [-0.1, -0.05) is 19.8 Å². The molecule has 0 bridgehead atoms. The minimum Gasteiger partial charge on any atom is -0.370 e. The Bertz CT molecular complexity index is 341. The van der Waals surface area contributed by atoms with E-state index in [2.05, 4.69) is 31.8 Å². The number of nitrogens with one attached hydrogen (secondary N) is 1. The zero-order valence-corrected chi connectivity index (χ0v) is 12.1. The zero-order chi connectivity index (χ0) is 14.0. The first-order valence-corrected chi connectivity index (χ1v) is 7.18. The van der Waals surface area contributed by atoms with E-state index in [9.17, 15) is 0 Å². The summed E-state index contributed by atoms with van der Waals surface area (Å²) in [6.07, 6.45) is 2.15. The summed E-state index contributed by atoms with van der Waals surface area (Å²) in [5, 5.41) is 8.57. The molecule has 0 radical (unpaired) electrons. The van der Waals surface area contributed by atoms with E-state index in [1.807, 2.05) is 0 Å². The van der Waals surface area contributed by atoms with Gasteiger partial charge in [-0.15, -0.1) is 0 Å². The molecular weight excluding hydrogens is 240 g/mol. The standard InChI is InChI=1S/C15H24N2O2/c1-3-15(4-2,19-12-6-8-16)7-5-9-17-10-13-18-14-11-17/h3-4,6,9-14H2,1-2H3/p+1. The van der Waals surface area contributed by atoms with Crippen molar-refractivity contribution in [2.75, 3.05) is 39.5 Å². The van der Waals surface area contributed by atoms with Crippen LogP contribution in [-0.4, -0.2) is 45.1 Å². The summed E-state index contributed by atoms with van der Waals surface area (Å²) in [6.45, 7) is 9.25. The van der Waals surface area contributed by atoms with E-state index in [-0.39, 0.29) is 5.60 Å². The van der Waals surface area contributed by atoms with Crippen molar-refractivity contribution >= 4 is 0 Å². The minimum atomic E-state index is -0.372. The van der Waals surface area contributed by atoms with Gasteiger partial charge in [-0.05, 0) is 18.8 Å². The van der Waals surface area contributed by atoms with Gasteiger partial charge in [0.1, 0.15) is 25.2 Å². The van der Waals surface area contributed by atoms with Crippen LogP contribution < -0.4 is 4.90 Å². The van der Waals surface area contributed by atoms with E-state index < -0.39 is 0 Å². The van der Waals surface area contributed by atoms with Gasteiger partial charge in [-0.2, -0.15) is 5.26 Å². The van der Waals surface area contributed by atoms with E-state index in [4.69, 9.17) is 14.7 Å². The average molecular weight is 265 g/mol. The van der Waals surface area contributed by atoms with Gasteiger partial charge in [0.25, 0.3) is 0 Å². The van der Waals surface area contributed by atoms with E-state index >= 15 is 0 Å². The summed E-state index contributed by atoms with van der Waals surface area (Å²) in [4.78, 5) is 1.48. The van der Waals surface area contributed by atoms with Crippen LogP contribution in [0.25, 0.3) is 0 Å². The largest absolute Gasteiger partial charge is 0.370 e. The third-order valence-electron chi connectivity index (χ3n) is 3.59. The molecule has 0 aromatic heterocycles. The number of hydrogen-bond donors (Lipinski definition) is 1. The highest BCUT2D eigenvalue weighted by atomic mass is 16.5. The lowest BCUT2D eigenvalue weighted by Crippen LogP contribution is -3.14. The summed E-state index contributed by atoms with van der Waals surface area (Å²) in [5.74, 6) is 6.57. The van der Waals surface area contributed by atoms with Crippen molar-refractivity contribution in [1.29, 1.82) is 5.26 Å². The van der Waals surface area contributed by atoms with E-state index in [0.29, 0.717) is 13.0 Å². The molecule has 1 saturated heterocycles. The Morgan fingerprint density at radius 2 is 1.95 bits per heavy atom. The lowest BCUT2D eigenvalue weighted by Gasteiger charge is -2.26. The number of quaternary nitrogens is 1. The molecule has 0 amide bonds. The van der Waals surface area contributed by atoms with Gasteiger partial charge in [-0.3, -0.25) is 0 Å². The Labute approximate surface area is 116 Å². The van der Waals surface area contributed by atoms with Gasteiger partial charge in [0.05, 0.1) is 32.3 Å². The fourth-order valence-electron chi connectivity index (χ4n) is 2.13. The van der Waals surface area contributed by atoms with Gasteiger partial charge >= 0.3 is 0 Å². The molecule has 0 aromatic carbocycles. The Balaban J connectivity index is 2.49. The lowest BCUT2D eigenvalue weighted by molar-refractivity contribution is -0.900. The van der Waals surface area contributed by atoms with Gasteiger partial charge in [0.15, 0.2) is 0 Å². The molecule has 4 heteroatoms. The Kier molecular flexibility index (Phi) is 7.52. The van der Waals surface area contributed by atoms with E-state index in [1.54, 1.807) is 0 Å². The number of hydrogen-bond acceptors (Lipinski definition) is 3. The molecule has 4 nitrogen and oxygen atoms in total. The number of morpholine rings is 1. The number of nitrogens with zero attached hydrogens (tertiary/aromatic N) is 1. The molecule has 0 atom stereocenters. The molecule has 1 aliphatic heterocycles. The smallest absolute Gasteiger partial charge is 0.139 e. The maximum Gasteiger partial charge on any atom is 0.139 e. The summed E-state index contributed by atoms with van der Waals surface area (Å²) in [5.41, 5.74) is -0.372. The highest BCUT2D eigenvalue weighted by Gasteiger charge is 2.24. The second-order valence-electron chi connectivity index (χ2n) is 4.80. The molecule has 1 N–H and O–H groups in total. The molecule has 0 aromatic rings. The monoisotopic (exact) mass is 265 g/mol. The molecule has 1 aliphatic rings. The van der Waals surface area contributed by atoms with Crippen LogP contribution in [0.15, 0.2) is 0 Å². The average Bonchev–Trinajstić information content (AvgIpc) is 2.47. The molecule has 106 valence electrons. The highest BCUT2D eigenvalue weighted by molar-refractivity contribution is 5.14. The Hall–Kier alpha value is -1.07. The quantitative estimate of drug-likeness (QED) is 0.558. The van der Waals surface area contributed by atoms with Crippen LogP contribution in [0, 0.1) is 23.2 Å². The Morgan fingerprint density at radius 1 is 1.26 bits per heavy atom. The topological polar surface area (TPSA) is 46.7 Å². The van der Waals surface area contributed by atoms with Crippen molar-refractivity contribution < 1.29 is 14.4 Å². The van der Waals surface area contributed by atoms with E-state index in [1.165, 1.54) is 4.90 Å². The summed E-state index contributed by atoms with van der Waals surface area (Å²) >= 11 is 0. The SMILES string of the molecule is CCC(C#CC[NH+]1CCOCC1)(CC)OCCC#N. The van der Waals surface area contributed by atoms with E-state index in [0.717, 1.165) is 45.7 Å². The second kappa shape index (κ2) is 8.93. The van der Waals surface area contributed by atoms with Crippen molar-refractivity contribution in [1.82, 2.24) is 0 Å². The van der Waals surface area contributed by atoms with Crippen LogP contribution >= 0.6 is 0 Å². The molecule has 1 heterocycles. The number of nitriles is 1. The van der Waals surface area contributed by atoms with Crippen LogP contribution in [0.5, 0.6) is 0 Å². The molecule has 0 saturated carbocycles. The second-order valence-corrected chi connectivity index (χ2v) is 4.80. The molecule has 0 aliphatic carbocycles. The van der Waals surface area contributed by atoms with Gasteiger partial charge in [0, 0.05) is 0 Å². The summed E-state index contributed by atoms with van der Waals surface area (Å²) in [7, 11) is 0. The van der Waals surface area contributed by atoms with Gasteiger partial charge in [0.2, 0.25) is 0 Å². The van der Waals surface area contributed by atoms with Gasteiger partial charge < -0.3 is 14.4 Å². The molecule has 1 fully saturated rings. The summed E-state index contributed by atoms with van der Waals surface area (Å²) in [6, 6.07) is 2.11. The first-order chi connectivity index (χ1) is 9.26. The van der Waals surface area contributed by atoms with Crippen molar-refractivity contribution in [3.8, 4) is 17.9 Å². The number of rotatable bonds is 6. The molecule has 0 spiro atoms. The van der Waals surface area contributed by atoms with Crippen molar-refractivity contribution in [2.45, 2.75) is 38.7 Å². The maximum absolute atomic E-state index is 8.57. The predicted octanol–water partition coefficient (Wildman–Crippen LogP) is 0.394. The van der Waals surface area contributed by atoms with Crippen LogP contribution in [-0.2, 0) is 9.47 Å². The molecular formula is C15H25N2O2+. The third-order valence-corrected chi connectivity index (χ3v) is 3.59. The van der Waals surface area contributed by atoms with Crippen LogP contribution in [0.1, 0.15) is 33.1 Å². The lowest BCUT2D eigenvalue weighted by atomic mass is 9.98. The highest BCUT2D eigenvalue weighted by Crippen LogP contribution is 2.19. The fourth-order valence-corrected chi connectivity index (χ4v) is 2.13. The summed E-state index contributed by atoms with van der Waals surface area (Å²) < 4.78 is 11.2. The van der Waals surface area contributed by atoms with Crippen molar-refractivity contribution in [2.24, 2.45) is 0 Å². The third kappa shape index (κ3) is 5.61. The Morgan fingerprint density at radius 3 is 2.53 bits per heavy atom. The first-order valence-electron chi connectivity index (χ1n) is 7.18. The minimum absolute atomic E-state index is 0.372. The maximum atomic E-state index is 8.57. The van der Waals surface area contributed by atoms with Crippen LogP contribution in [0.4, 0.5) is 0 Å². The van der Waals surface area contributed by atoms with Crippen LogP contribution in [0.3, 0.4) is 0 Å². The molecule has 1 rings (SSSR count). The van der Waals surface area contributed by atoms with Crippen molar-refractivity contribution in [3.05, 3.63) is 0 Å². The molecule has 19 heavy (non-hydrogen) atoms. The number of ether oxygens (including phenoxy) is 2. The van der Waals surface area contributed by atoms with Gasteiger partial charge in [-0.25, -0.2) is 0 Å². The predicted molar refractivity (Wildman–Crippen MR) is 73.7 cm³/mol. The first kappa shape index (κ1) is 16.0.